The first kappa shape index (κ1) is 22.6. The second-order valence-corrected chi connectivity index (χ2v) is 10.2. The van der Waals surface area contributed by atoms with Crippen molar-refractivity contribution < 1.29 is 19.0 Å². The van der Waals surface area contributed by atoms with Gasteiger partial charge in [-0.2, -0.15) is 0 Å². The Morgan fingerprint density at radius 3 is 2.32 bits per heavy atom. The molecule has 0 aliphatic heterocycles. The molecule has 1 fully saturated rings. The second-order valence-electron chi connectivity index (χ2n) is 9.19. The van der Waals surface area contributed by atoms with Crippen molar-refractivity contribution in [2.45, 2.75) is 51.9 Å². The number of thiophene rings is 1. The molecule has 5 rings (SSSR count). The summed E-state index contributed by atoms with van der Waals surface area (Å²) < 4.78 is 20.9. The number of rotatable bonds is 5. The van der Waals surface area contributed by atoms with Crippen LogP contribution in [0.15, 0.2) is 54.6 Å². The van der Waals surface area contributed by atoms with Crippen LogP contribution in [0.4, 0.5) is 4.39 Å². The van der Waals surface area contributed by atoms with Gasteiger partial charge < -0.3 is 9.84 Å². The van der Waals surface area contributed by atoms with Gasteiger partial charge in [0.15, 0.2) is 5.75 Å². The summed E-state index contributed by atoms with van der Waals surface area (Å²) in [5.41, 5.74) is 2.99. The number of aryl methyl sites for hydroxylation is 2. The maximum Gasteiger partial charge on any atom is 0.207 e. The van der Waals surface area contributed by atoms with Crippen LogP contribution in [0.5, 0.6) is 17.2 Å². The molecule has 1 aromatic heterocycles. The number of aromatic hydroxyl groups is 1. The van der Waals surface area contributed by atoms with E-state index in [4.69, 9.17) is 4.74 Å². The highest BCUT2D eigenvalue weighted by molar-refractivity contribution is 7.21. The molecule has 0 radical (unpaired) electrons. The predicted molar refractivity (Wildman–Crippen MR) is 135 cm³/mol. The van der Waals surface area contributed by atoms with Gasteiger partial charge in [-0.3, -0.25) is 4.79 Å². The molecule has 4 aromatic rings. The quantitative estimate of drug-likeness (QED) is 0.295. The zero-order valence-electron chi connectivity index (χ0n) is 19.4. The maximum absolute atomic E-state index is 13.9. The van der Waals surface area contributed by atoms with Gasteiger partial charge >= 0.3 is 0 Å². The molecule has 0 unspecified atom stereocenters. The minimum Gasteiger partial charge on any atom is -0.508 e. The number of ketones is 1. The van der Waals surface area contributed by atoms with Gasteiger partial charge in [0, 0.05) is 15.6 Å². The van der Waals surface area contributed by atoms with E-state index in [1.807, 2.05) is 12.1 Å². The van der Waals surface area contributed by atoms with Crippen LogP contribution in [0.25, 0.3) is 10.1 Å². The standard InChI is InChI=1S/C29H27FO3S/c1-17-14-21(30)15-18(2)26(17)27(32)29-28(24-13-10-22(31)16-25(24)34-29)33-23-11-8-20(9-12-23)19-6-4-3-5-7-19/h8-16,19,31H,3-7H2,1-2H3. The molecule has 0 amide bonds. The number of hydrogen-bond acceptors (Lipinski definition) is 4. The van der Waals surface area contributed by atoms with E-state index < -0.39 is 0 Å². The Labute approximate surface area is 202 Å². The van der Waals surface area contributed by atoms with E-state index in [1.165, 1.54) is 61.1 Å². The number of fused-ring (bicyclic) bond motifs is 1. The number of carbonyl (C=O) groups excluding carboxylic acids is 1. The van der Waals surface area contributed by atoms with Gasteiger partial charge in [0.2, 0.25) is 5.78 Å². The van der Waals surface area contributed by atoms with Gasteiger partial charge in [-0.1, -0.05) is 31.4 Å². The maximum atomic E-state index is 13.9. The molecule has 3 aromatic carbocycles. The summed E-state index contributed by atoms with van der Waals surface area (Å²) in [5.74, 6) is 1.30. The first-order valence-corrected chi connectivity index (χ1v) is 12.6. The van der Waals surface area contributed by atoms with Gasteiger partial charge in [-0.05, 0) is 91.8 Å². The third-order valence-corrected chi connectivity index (χ3v) is 7.87. The molecular weight excluding hydrogens is 447 g/mol. The Bertz CT molecular complexity index is 1340. The molecule has 0 atom stereocenters. The normalized spacial score (nSPS) is 14.4. The summed E-state index contributed by atoms with van der Waals surface area (Å²) in [7, 11) is 0. The summed E-state index contributed by atoms with van der Waals surface area (Å²) in [4.78, 5) is 14.1. The van der Waals surface area contributed by atoms with Gasteiger partial charge in [-0.25, -0.2) is 4.39 Å². The molecule has 0 bridgehead atoms. The van der Waals surface area contributed by atoms with Crippen molar-refractivity contribution in [3.05, 3.63) is 87.5 Å². The van der Waals surface area contributed by atoms with Crippen molar-refractivity contribution in [2.75, 3.05) is 0 Å². The third-order valence-electron chi connectivity index (χ3n) is 6.74. The minimum absolute atomic E-state index is 0.130. The van der Waals surface area contributed by atoms with Crippen LogP contribution in [0.1, 0.15) is 69.9 Å². The Balaban J connectivity index is 1.54. The first-order chi connectivity index (χ1) is 16.4. The summed E-state index contributed by atoms with van der Waals surface area (Å²) in [6.45, 7) is 3.49. The second kappa shape index (κ2) is 9.22. The monoisotopic (exact) mass is 474 g/mol. The highest BCUT2D eigenvalue weighted by atomic mass is 32.1. The van der Waals surface area contributed by atoms with Gasteiger partial charge in [0.1, 0.15) is 22.2 Å². The van der Waals surface area contributed by atoms with Crippen LogP contribution in [-0.2, 0) is 0 Å². The van der Waals surface area contributed by atoms with E-state index in [2.05, 4.69) is 12.1 Å². The van der Waals surface area contributed by atoms with Crippen LogP contribution in [0.3, 0.4) is 0 Å². The van der Waals surface area contributed by atoms with Crippen LogP contribution >= 0.6 is 11.3 Å². The molecule has 0 saturated heterocycles. The lowest BCUT2D eigenvalue weighted by atomic mass is 9.84. The van der Waals surface area contributed by atoms with E-state index >= 15 is 0 Å². The number of ether oxygens (including phenoxy) is 1. The fourth-order valence-electron chi connectivity index (χ4n) is 5.06. The number of halogens is 1. The number of hydrogen-bond donors (Lipinski definition) is 1. The van der Waals surface area contributed by atoms with Crippen LogP contribution in [0, 0.1) is 19.7 Å². The Kier molecular flexibility index (Phi) is 6.13. The Morgan fingerprint density at radius 2 is 1.65 bits per heavy atom. The zero-order chi connectivity index (χ0) is 23.8. The van der Waals surface area contributed by atoms with Crippen molar-refractivity contribution in [2.24, 2.45) is 0 Å². The lowest BCUT2D eigenvalue weighted by Crippen LogP contribution is -2.06. The summed E-state index contributed by atoms with van der Waals surface area (Å²) in [5, 5.41) is 10.8. The highest BCUT2D eigenvalue weighted by Crippen LogP contribution is 2.43. The zero-order valence-corrected chi connectivity index (χ0v) is 20.2. The van der Waals surface area contributed by atoms with Crippen molar-refractivity contribution in [1.29, 1.82) is 0 Å². The van der Waals surface area contributed by atoms with Gasteiger partial charge in [0.05, 0.1) is 0 Å². The van der Waals surface area contributed by atoms with Crippen molar-refractivity contribution >= 4 is 27.2 Å². The largest absolute Gasteiger partial charge is 0.508 e. The average molecular weight is 475 g/mol. The molecule has 1 heterocycles. The van der Waals surface area contributed by atoms with E-state index in [1.54, 1.807) is 32.0 Å². The average Bonchev–Trinajstić information content (AvgIpc) is 3.16. The van der Waals surface area contributed by atoms with Crippen LogP contribution in [0.2, 0.25) is 0 Å². The number of phenols is 1. The smallest absolute Gasteiger partial charge is 0.207 e. The first-order valence-electron chi connectivity index (χ1n) is 11.8. The molecule has 1 saturated carbocycles. The summed E-state index contributed by atoms with van der Waals surface area (Å²) in [6, 6.07) is 16.0. The topological polar surface area (TPSA) is 46.5 Å². The molecule has 3 nitrogen and oxygen atoms in total. The summed E-state index contributed by atoms with van der Waals surface area (Å²) in [6.07, 6.45) is 6.35. The lowest BCUT2D eigenvalue weighted by Gasteiger charge is -2.22. The van der Waals surface area contributed by atoms with Crippen molar-refractivity contribution in [3.8, 4) is 17.2 Å². The van der Waals surface area contributed by atoms with Crippen molar-refractivity contribution in [1.82, 2.24) is 0 Å². The van der Waals surface area contributed by atoms with Crippen LogP contribution < -0.4 is 4.74 Å². The molecular formula is C29H27FO3S. The number of phenolic OH excluding ortho intramolecular Hbond substituents is 1. The highest BCUT2D eigenvalue weighted by Gasteiger charge is 2.25. The molecule has 1 aliphatic carbocycles. The molecule has 5 heteroatoms. The number of benzene rings is 3. The summed E-state index contributed by atoms with van der Waals surface area (Å²) >= 11 is 1.28. The van der Waals surface area contributed by atoms with E-state index in [-0.39, 0.29) is 17.3 Å². The predicted octanol–water partition coefficient (Wildman–Crippen LogP) is 8.43. The van der Waals surface area contributed by atoms with Crippen LogP contribution in [-0.4, -0.2) is 10.9 Å². The van der Waals surface area contributed by atoms with E-state index in [9.17, 15) is 14.3 Å². The molecule has 174 valence electrons. The molecule has 34 heavy (non-hydrogen) atoms. The molecule has 1 aliphatic rings. The van der Waals surface area contributed by atoms with Gasteiger partial charge in [0.25, 0.3) is 0 Å². The Morgan fingerprint density at radius 1 is 0.971 bits per heavy atom. The van der Waals surface area contributed by atoms with Crippen molar-refractivity contribution in [3.63, 3.8) is 0 Å². The fourth-order valence-corrected chi connectivity index (χ4v) is 6.17. The lowest BCUT2D eigenvalue weighted by molar-refractivity contribution is 0.103. The fraction of sp³-hybridized carbons (Fsp3) is 0.276. The molecule has 1 N–H and O–H groups in total. The Hall–Kier alpha value is -3.18. The van der Waals surface area contributed by atoms with E-state index in [0.29, 0.717) is 39.0 Å². The number of carbonyl (C=O) groups is 1. The molecule has 0 spiro atoms. The van der Waals surface area contributed by atoms with E-state index in [0.717, 1.165) is 10.1 Å². The third kappa shape index (κ3) is 4.32. The SMILES string of the molecule is Cc1cc(F)cc(C)c1C(=O)c1sc2cc(O)ccc2c1Oc1ccc(C2CCCCC2)cc1. The van der Waals surface area contributed by atoms with Gasteiger partial charge in [-0.15, -0.1) is 11.3 Å². The minimum atomic E-state index is -0.359.